The summed E-state index contributed by atoms with van der Waals surface area (Å²) in [5.74, 6) is -0.378. The second-order valence-electron chi connectivity index (χ2n) is 25.5. The number of hydrogen-bond acceptors (Lipinski definition) is 6. The molecule has 0 rings (SSSR count). The summed E-state index contributed by atoms with van der Waals surface area (Å²) in [5.41, 5.74) is 0. The molecule has 0 aliphatic carbocycles. The molecule has 0 aliphatic heterocycles. The molecule has 81 heavy (non-hydrogen) atoms. The van der Waals surface area contributed by atoms with Gasteiger partial charge in [0.1, 0.15) is 0 Å². The zero-order valence-corrected chi connectivity index (χ0v) is 60.3. The molecule has 0 saturated carbocycles. The normalized spacial score (nSPS) is 11.6. The van der Waals surface area contributed by atoms with Gasteiger partial charge in [0.25, 0.3) is 0 Å². The van der Waals surface area contributed by atoms with Crippen molar-refractivity contribution in [3.8, 4) is 0 Å². The third kappa shape index (κ3) is 94.5. The van der Waals surface area contributed by atoms with E-state index in [0.29, 0.717) is 12.8 Å². The van der Waals surface area contributed by atoms with E-state index in [4.69, 9.17) is 0 Å². The predicted octanol–water partition coefficient (Wildman–Crippen LogP) is 25.6. The molecule has 488 valence electrons. The summed E-state index contributed by atoms with van der Waals surface area (Å²) >= 11 is 0.00985. The minimum Gasteiger partial charge on any atom is -0.0654 e. The Bertz CT molecular complexity index is 1210. The molecule has 0 bridgehead atoms. The molecule has 6 nitrogen and oxygen atoms in total. The van der Waals surface area contributed by atoms with Gasteiger partial charge in [0, 0.05) is 11.5 Å². The Morgan fingerprint density at radius 3 is 0.420 bits per heavy atom. The zero-order chi connectivity index (χ0) is 59.8. The SMILES string of the molecule is CCCCCCCCCCCCCCCCCCS(=O)(=O)[O-].CCCCCCCCCCCCCCCCCCS(=O)(=O)[O-].CCCCCCCCCCCCCCCCC[CH2][Sn+2][CH2]CCCCCCCCCCCCCCCCC. The van der Waals surface area contributed by atoms with E-state index in [2.05, 4.69) is 27.7 Å². The summed E-state index contributed by atoms with van der Waals surface area (Å²) < 4.78 is 65.9. The third-order valence-corrected chi connectivity index (χ3v) is 22.5. The van der Waals surface area contributed by atoms with Gasteiger partial charge in [-0.15, -0.1) is 0 Å². The van der Waals surface area contributed by atoms with Crippen molar-refractivity contribution in [1.29, 1.82) is 0 Å². The van der Waals surface area contributed by atoms with Crippen molar-refractivity contribution >= 4 is 41.4 Å². The van der Waals surface area contributed by atoms with E-state index in [9.17, 15) is 25.9 Å². The first kappa shape index (κ1) is 85.8. The number of hydrogen-bond donors (Lipinski definition) is 0. The quantitative estimate of drug-likeness (QED) is 0.0340. The van der Waals surface area contributed by atoms with Crippen molar-refractivity contribution in [2.24, 2.45) is 0 Å². The molecule has 0 unspecified atom stereocenters. The van der Waals surface area contributed by atoms with E-state index < -0.39 is 20.2 Å². The van der Waals surface area contributed by atoms with Crippen LogP contribution in [0.25, 0.3) is 0 Å². The van der Waals surface area contributed by atoms with Crippen molar-refractivity contribution in [2.45, 2.75) is 448 Å². The van der Waals surface area contributed by atoms with Crippen molar-refractivity contribution < 1.29 is 25.9 Å². The van der Waals surface area contributed by atoms with Crippen LogP contribution in [0.2, 0.25) is 8.87 Å². The van der Waals surface area contributed by atoms with Crippen LogP contribution in [-0.4, -0.2) is 58.6 Å². The fourth-order valence-corrected chi connectivity index (χ4v) is 16.1. The molecule has 0 heterocycles. The van der Waals surface area contributed by atoms with Crippen LogP contribution in [0.3, 0.4) is 0 Å². The van der Waals surface area contributed by atoms with Crippen molar-refractivity contribution in [3.63, 3.8) is 0 Å². The average molecular weight is 1290 g/mol. The van der Waals surface area contributed by atoms with Crippen LogP contribution in [0.4, 0.5) is 0 Å². The topological polar surface area (TPSA) is 114 Å². The molecule has 0 saturated heterocycles. The first-order valence-electron chi connectivity index (χ1n) is 37.1. The standard InChI is InChI=1S/2C18H38O3S.2C18H37.Sn/c2*1-2-3-4-5-6-7-8-9-10-11-12-13-14-15-16-17-18-22(19,20)21;2*1-3-5-7-9-11-13-15-17-18-16-14-12-10-8-6-4-2;/h2*2-18H2,1H3,(H,19,20,21);2*1,3-18H2,2H3;/q;;;;+2/p-2. The molecule has 9 heteroatoms. The van der Waals surface area contributed by atoms with Gasteiger partial charge in [0.2, 0.25) is 0 Å². The number of unbranched alkanes of at least 4 members (excludes halogenated alkanes) is 60. The van der Waals surface area contributed by atoms with E-state index >= 15 is 0 Å². The van der Waals surface area contributed by atoms with Gasteiger partial charge in [-0.05, 0) is 12.8 Å². The second kappa shape index (κ2) is 76.7. The van der Waals surface area contributed by atoms with Crippen LogP contribution >= 0.6 is 0 Å². The van der Waals surface area contributed by atoms with Crippen LogP contribution in [0, 0.1) is 0 Å². The van der Waals surface area contributed by atoms with Crippen LogP contribution < -0.4 is 0 Å². The molecule has 0 spiro atoms. The van der Waals surface area contributed by atoms with Crippen molar-refractivity contribution in [1.82, 2.24) is 0 Å². The molecule has 0 fully saturated rings. The summed E-state index contributed by atoms with van der Waals surface area (Å²) in [5, 5.41) is 0. The molecule has 0 aromatic heterocycles. The summed E-state index contributed by atoms with van der Waals surface area (Å²) in [6.07, 6.45) is 88.0. The molecule has 0 atom stereocenters. The fourth-order valence-electron chi connectivity index (χ4n) is 11.4. The minimum absolute atomic E-state index is 0.00985. The van der Waals surface area contributed by atoms with Crippen LogP contribution in [-0.2, 0) is 20.2 Å². The molecular weight excluding hydrogens is 1140 g/mol. The Morgan fingerprint density at radius 1 is 0.185 bits per heavy atom. The smallest absolute Gasteiger partial charge is 0.0654 e. The van der Waals surface area contributed by atoms with Gasteiger partial charge in [0.15, 0.2) is 0 Å². The summed E-state index contributed by atoms with van der Waals surface area (Å²) in [7, 11) is -7.99. The van der Waals surface area contributed by atoms with Gasteiger partial charge in [-0.2, -0.15) is 0 Å². The molecule has 0 aromatic carbocycles. The first-order chi connectivity index (χ1) is 39.5. The Morgan fingerprint density at radius 2 is 0.296 bits per heavy atom. The number of rotatable bonds is 68. The first-order valence-corrected chi connectivity index (χ1v) is 44.3. The second-order valence-corrected chi connectivity index (χ2v) is 32.8. The van der Waals surface area contributed by atoms with Gasteiger partial charge in [-0.3, -0.25) is 0 Å². The van der Waals surface area contributed by atoms with E-state index in [1.54, 1.807) is 21.7 Å². The zero-order valence-electron chi connectivity index (χ0n) is 55.8. The molecule has 0 radical (unpaired) electrons. The summed E-state index contributed by atoms with van der Waals surface area (Å²) in [4.78, 5) is 0. The van der Waals surface area contributed by atoms with Gasteiger partial charge < -0.3 is 9.11 Å². The minimum atomic E-state index is -3.99. The van der Waals surface area contributed by atoms with Gasteiger partial charge in [-0.25, -0.2) is 16.8 Å². The third-order valence-electron chi connectivity index (χ3n) is 16.9. The Labute approximate surface area is 522 Å². The van der Waals surface area contributed by atoms with Gasteiger partial charge in [0.05, 0.1) is 20.2 Å². The Kier molecular flexibility index (Phi) is 81.3. The predicted molar refractivity (Wildman–Crippen MR) is 363 cm³/mol. The molecule has 0 aliphatic rings. The van der Waals surface area contributed by atoms with Crippen LogP contribution in [0.15, 0.2) is 0 Å². The van der Waals surface area contributed by atoms with E-state index in [-0.39, 0.29) is 32.6 Å². The van der Waals surface area contributed by atoms with Crippen molar-refractivity contribution in [3.05, 3.63) is 0 Å². The summed E-state index contributed by atoms with van der Waals surface area (Å²) in [6, 6.07) is 0. The van der Waals surface area contributed by atoms with E-state index in [1.165, 1.54) is 360 Å². The fraction of sp³-hybridized carbons (Fsp3) is 1.00. The monoisotopic (exact) mass is 1290 g/mol. The Balaban J connectivity index is -0.00000119. The van der Waals surface area contributed by atoms with Gasteiger partial charge in [-0.1, -0.05) is 285 Å². The van der Waals surface area contributed by atoms with Crippen molar-refractivity contribution in [2.75, 3.05) is 11.5 Å². The molecule has 0 N–H and O–H groups in total. The average Bonchev–Trinajstić information content (AvgIpc) is 3.44. The molecular formula is C72H148O6S2Sn. The maximum absolute atomic E-state index is 10.4. The Hall–Kier alpha value is 0.619. The van der Waals surface area contributed by atoms with Gasteiger partial charge >= 0.3 is 171 Å². The van der Waals surface area contributed by atoms with E-state index in [0.717, 1.165) is 25.7 Å². The summed E-state index contributed by atoms with van der Waals surface area (Å²) in [6.45, 7) is 9.14. The maximum atomic E-state index is 10.4. The molecule has 0 amide bonds. The van der Waals surface area contributed by atoms with Crippen LogP contribution in [0.5, 0.6) is 0 Å². The van der Waals surface area contributed by atoms with E-state index in [1.807, 2.05) is 0 Å². The van der Waals surface area contributed by atoms with Crippen LogP contribution in [0.1, 0.15) is 439 Å². The molecule has 0 aromatic rings.